The van der Waals surface area contributed by atoms with Gasteiger partial charge in [-0.2, -0.15) is 0 Å². The monoisotopic (exact) mass is 131 g/mol. The number of carbonyl (C=O) groups excluding carboxylic acids is 1. The van der Waals surface area contributed by atoms with Crippen molar-refractivity contribution in [3.8, 4) is 0 Å². The summed E-state index contributed by atoms with van der Waals surface area (Å²) in [6.07, 6.45) is 0.524. The van der Waals surface area contributed by atoms with Crippen molar-refractivity contribution in [2.45, 2.75) is 12.8 Å². The summed E-state index contributed by atoms with van der Waals surface area (Å²) in [6, 6.07) is 0. The minimum absolute atomic E-state index is 0.0109. The molecule has 0 radical (unpaired) electrons. The molecule has 0 fully saturated rings. The maximum absolute atomic E-state index is 10.4. The molecule has 0 unspecified atom stereocenters. The van der Waals surface area contributed by atoms with Crippen molar-refractivity contribution in [3.63, 3.8) is 0 Å². The topological polar surface area (TPSA) is 60.2 Å². The predicted octanol–water partition coefficient (Wildman–Crippen LogP) is 0.132. The van der Waals surface area contributed by atoms with Crippen LogP contribution in [0.1, 0.15) is 12.8 Å². The Balaban J connectivity index is 3.28. The second-order valence-corrected chi connectivity index (χ2v) is 1.78. The predicted molar refractivity (Wildman–Crippen MR) is 34.5 cm³/mol. The van der Waals surface area contributed by atoms with Gasteiger partial charge >= 0.3 is 0 Å². The van der Waals surface area contributed by atoms with E-state index < -0.39 is 0 Å². The second-order valence-electron chi connectivity index (χ2n) is 1.78. The summed E-state index contributed by atoms with van der Waals surface area (Å²) < 4.78 is 0. The molecule has 9 heavy (non-hydrogen) atoms. The minimum Gasteiger partial charge on any atom is -0.513 e. The molecule has 0 amide bonds. The fraction of sp³-hybridized carbons (Fsp3) is 0.500. The van der Waals surface area contributed by atoms with Crippen LogP contribution in [-0.4, -0.2) is 22.6 Å². The molecule has 3 nitrogen and oxygen atoms in total. The van der Waals surface area contributed by atoms with E-state index in [1.165, 1.54) is 0 Å². The molecule has 0 saturated heterocycles. The Hall–Kier alpha value is -0.830. The Morgan fingerprint density at radius 3 is 2.44 bits per heavy atom. The molecule has 0 aliphatic heterocycles. The average Bonchev–Trinajstić information content (AvgIpc) is 1.83. The highest BCUT2D eigenvalue weighted by Gasteiger charge is 2.01. The highest BCUT2D eigenvalue weighted by molar-refractivity contribution is 5.79. The largest absolute Gasteiger partial charge is 0.513 e. The number of aliphatic hydroxyl groups is 1. The van der Waals surface area contributed by atoms with Crippen molar-refractivity contribution in [2.75, 3.05) is 6.61 Å². The lowest BCUT2D eigenvalue weighted by Crippen LogP contribution is -2.02. The second kappa shape index (κ2) is 4.09. The van der Waals surface area contributed by atoms with E-state index in [0.717, 1.165) is 0 Å². The zero-order chi connectivity index (χ0) is 7.28. The van der Waals surface area contributed by atoms with Gasteiger partial charge in [0, 0.05) is 12.8 Å². The van der Waals surface area contributed by atoms with E-state index >= 15 is 0 Å². The van der Waals surface area contributed by atoms with E-state index in [-0.39, 0.29) is 31.0 Å². The van der Waals surface area contributed by atoms with Gasteiger partial charge in [0.25, 0.3) is 0 Å². The summed E-state index contributed by atoms with van der Waals surface area (Å²) in [6.45, 7) is 3.00. The molecular formula is C6H11O3+. The molecule has 0 aliphatic rings. The Morgan fingerprint density at radius 1 is 1.56 bits per heavy atom. The van der Waals surface area contributed by atoms with Crippen LogP contribution < -0.4 is 0 Å². The highest BCUT2D eigenvalue weighted by atomic mass is 16.3. The van der Waals surface area contributed by atoms with Gasteiger partial charge < -0.3 is 10.2 Å². The van der Waals surface area contributed by atoms with Gasteiger partial charge in [0.1, 0.15) is 0 Å². The molecule has 52 valence electrons. The summed E-state index contributed by atoms with van der Waals surface area (Å²) in [5, 5.41) is 15.1. The smallest absolute Gasteiger partial charge is 0.208 e. The molecule has 0 spiro atoms. The first kappa shape index (κ1) is 8.17. The number of ketones is 1. The number of carbonyl (C=O) groups is 1. The van der Waals surface area contributed by atoms with Crippen LogP contribution in [0.25, 0.3) is 0 Å². The fourth-order valence-electron chi connectivity index (χ4n) is 0.372. The Bertz CT molecular complexity index is 117. The highest BCUT2D eigenvalue weighted by Crippen LogP contribution is 1.97. The van der Waals surface area contributed by atoms with Crippen molar-refractivity contribution in [1.29, 1.82) is 0 Å². The lowest BCUT2D eigenvalue weighted by atomic mass is 10.2. The van der Waals surface area contributed by atoms with Crippen LogP contribution in [0.2, 0.25) is 0 Å². The van der Waals surface area contributed by atoms with Crippen LogP contribution in [0.3, 0.4) is 0 Å². The van der Waals surface area contributed by atoms with Crippen LogP contribution >= 0.6 is 0 Å². The van der Waals surface area contributed by atoms with E-state index in [1.54, 1.807) is 0 Å². The first-order chi connectivity index (χ1) is 4.16. The molecule has 0 aromatic heterocycles. The molecule has 3 heteroatoms. The standard InChI is InChI=1S/C6H10O3/c1-5(8)2-3-6(9)4-7/h7-8H,1-4H2/p+1. The maximum atomic E-state index is 10.4. The quantitative estimate of drug-likeness (QED) is 0.435. The number of Topliss-reactive ketones (excluding diaryl/α,β-unsaturated/α-hetero) is 1. The van der Waals surface area contributed by atoms with Crippen LogP contribution in [-0.2, 0) is 4.79 Å². The fourth-order valence-corrected chi connectivity index (χ4v) is 0.372. The number of allylic oxidation sites excluding steroid dienone is 1. The summed E-state index contributed by atoms with van der Waals surface area (Å²) in [5.41, 5.74) is 0. The number of aliphatic hydroxyl groups excluding tert-OH is 1. The third kappa shape index (κ3) is 5.03. The van der Waals surface area contributed by atoms with E-state index in [4.69, 9.17) is 10.2 Å². The Labute approximate surface area is 53.6 Å². The van der Waals surface area contributed by atoms with Crippen LogP contribution in [0.5, 0.6) is 0 Å². The van der Waals surface area contributed by atoms with Crippen molar-refractivity contribution in [2.24, 2.45) is 0 Å². The van der Waals surface area contributed by atoms with Gasteiger partial charge in [0.15, 0.2) is 0 Å². The van der Waals surface area contributed by atoms with Crippen molar-refractivity contribution < 1.29 is 15.0 Å². The molecule has 0 aromatic rings. The molecule has 0 atom stereocenters. The number of hydrogen-bond acceptors (Lipinski definition) is 2. The Morgan fingerprint density at radius 2 is 2.11 bits per heavy atom. The van der Waals surface area contributed by atoms with Gasteiger partial charge in [-0.25, -0.2) is 0 Å². The molecule has 3 N–H and O–H groups in total. The van der Waals surface area contributed by atoms with Gasteiger partial charge in [0.05, 0.1) is 5.76 Å². The first-order valence-corrected chi connectivity index (χ1v) is 2.70. The van der Waals surface area contributed by atoms with Gasteiger partial charge in [-0.15, -0.1) is 0 Å². The van der Waals surface area contributed by atoms with Crippen molar-refractivity contribution >= 4 is 5.78 Å². The number of rotatable bonds is 4. The summed E-state index contributed by atoms with van der Waals surface area (Å²) in [4.78, 5) is 10.4. The maximum Gasteiger partial charge on any atom is 0.208 e. The van der Waals surface area contributed by atoms with E-state index in [2.05, 4.69) is 6.58 Å². The van der Waals surface area contributed by atoms with Crippen LogP contribution in [0, 0.1) is 0 Å². The molecule has 0 heterocycles. The summed E-state index contributed by atoms with van der Waals surface area (Å²) >= 11 is 0. The average molecular weight is 131 g/mol. The summed E-state index contributed by atoms with van der Waals surface area (Å²) in [7, 11) is 0. The molecular weight excluding hydrogens is 120 g/mol. The molecule has 0 aromatic carbocycles. The lowest BCUT2D eigenvalue weighted by molar-refractivity contribution is -0.121. The molecule has 0 aliphatic carbocycles. The number of hydrogen-bond donors (Lipinski definition) is 1. The third-order valence-corrected chi connectivity index (χ3v) is 0.890. The van der Waals surface area contributed by atoms with Gasteiger partial charge in [-0.1, -0.05) is 6.58 Å². The Kier molecular flexibility index (Phi) is 3.71. The normalized spacial score (nSPS) is 9.00. The SMILES string of the molecule is C=C(O)CCC(=O)C[OH2+]. The minimum atomic E-state index is -0.201. The van der Waals surface area contributed by atoms with E-state index in [1.807, 2.05) is 0 Å². The van der Waals surface area contributed by atoms with Crippen LogP contribution in [0.4, 0.5) is 0 Å². The van der Waals surface area contributed by atoms with Gasteiger partial charge in [-0.3, -0.25) is 4.79 Å². The van der Waals surface area contributed by atoms with Crippen molar-refractivity contribution in [3.05, 3.63) is 12.3 Å². The zero-order valence-electron chi connectivity index (χ0n) is 5.18. The van der Waals surface area contributed by atoms with Crippen LogP contribution in [0.15, 0.2) is 12.3 Å². The molecule has 0 saturated carbocycles. The van der Waals surface area contributed by atoms with Gasteiger partial charge in [0.2, 0.25) is 12.4 Å². The van der Waals surface area contributed by atoms with Gasteiger partial charge in [-0.05, 0) is 0 Å². The molecule has 0 bridgehead atoms. The summed E-state index contributed by atoms with van der Waals surface area (Å²) in [5.74, 6) is -0.151. The van der Waals surface area contributed by atoms with E-state index in [9.17, 15) is 4.79 Å². The van der Waals surface area contributed by atoms with Crippen molar-refractivity contribution in [1.82, 2.24) is 0 Å². The van der Waals surface area contributed by atoms with E-state index in [0.29, 0.717) is 0 Å². The molecule has 0 rings (SSSR count). The lowest BCUT2D eigenvalue weighted by Gasteiger charge is -1.92. The third-order valence-electron chi connectivity index (χ3n) is 0.890. The zero-order valence-corrected chi connectivity index (χ0v) is 5.18. The first-order valence-electron chi connectivity index (χ1n) is 2.70.